The summed E-state index contributed by atoms with van der Waals surface area (Å²) in [6.07, 6.45) is 0. The molecule has 30 heavy (non-hydrogen) atoms. The molecular formula is C18H14Cl2N4O4S2. The number of anilines is 2. The van der Waals surface area contributed by atoms with Crippen molar-refractivity contribution in [2.45, 2.75) is 11.8 Å². The monoisotopic (exact) mass is 484 g/mol. The Hall–Kier alpha value is -2.66. The standard InChI is InChI=1S/C18H14Cl2N4O4S2/c1-11(16-8-9-18(20)29-16)21-22-15-7-6-12(24(25)26)10-17(15)30(27,28)23-14-5-3-2-4-13(14)19/h2-10,22-23H,1H3. The molecule has 0 aliphatic heterocycles. The average Bonchev–Trinajstić information content (AvgIpc) is 3.14. The van der Waals surface area contributed by atoms with Crippen LogP contribution in [0.1, 0.15) is 11.8 Å². The van der Waals surface area contributed by atoms with Gasteiger partial charge in [0, 0.05) is 12.1 Å². The molecule has 0 saturated heterocycles. The number of para-hydroxylation sites is 1. The number of nitro benzene ring substituents is 1. The highest BCUT2D eigenvalue weighted by atomic mass is 35.5. The zero-order valence-electron chi connectivity index (χ0n) is 15.3. The molecule has 0 atom stereocenters. The molecule has 0 fully saturated rings. The molecular weight excluding hydrogens is 471 g/mol. The summed E-state index contributed by atoms with van der Waals surface area (Å²) in [5.41, 5.74) is 3.05. The predicted molar refractivity (Wildman–Crippen MR) is 121 cm³/mol. The van der Waals surface area contributed by atoms with Crippen LogP contribution in [-0.2, 0) is 10.0 Å². The van der Waals surface area contributed by atoms with E-state index >= 15 is 0 Å². The van der Waals surface area contributed by atoms with Crippen molar-refractivity contribution < 1.29 is 13.3 Å². The molecule has 12 heteroatoms. The maximum Gasteiger partial charge on any atom is 0.270 e. The molecule has 0 spiro atoms. The molecule has 3 aromatic rings. The lowest BCUT2D eigenvalue weighted by atomic mass is 10.3. The van der Waals surface area contributed by atoms with Crippen LogP contribution in [0.4, 0.5) is 17.1 Å². The largest absolute Gasteiger partial charge is 0.278 e. The van der Waals surface area contributed by atoms with Gasteiger partial charge in [0.15, 0.2) is 0 Å². The predicted octanol–water partition coefficient (Wildman–Crippen LogP) is 5.60. The molecule has 0 aliphatic rings. The summed E-state index contributed by atoms with van der Waals surface area (Å²) < 4.78 is 28.9. The van der Waals surface area contributed by atoms with E-state index in [-0.39, 0.29) is 27.0 Å². The minimum atomic E-state index is -4.22. The molecule has 0 amide bonds. The van der Waals surface area contributed by atoms with Crippen LogP contribution in [0, 0.1) is 10.1 Å². The van der Waals surface area contributed by atoms with Crippen LogP contribution in [-0.4, -0.2) is 19.1 Å². The molecule has 0 radical (unpaired) electrons. The number of nitro groups is 1. The number of benzene rings is 2. The highest BCUT2D eigenvalue weighted by Crippen LogP contribution is 2.30. The van der Waals surface area contributed by atoms with Crippen LogP contribution < -0.4 is 10.1 Å². The number of non-ortho nitro benzene ring substituents is 1. The van der Waals surface area contributed by atoms with E-state index in [4.69, 9.17) is 23.2 Å². The van der Waals surface area contributed by atoms with Crippen LogP contribution >= 0.6 is 34.5 Å². The van der Waals surface area contributed by atoms with E-state index in [0.29, 0.717) is 10.0 Å². The molecule has 2 N–H and O–H groups in total. The molecule has 0 saturated carbocycles. The highest BCUT2D eigenvalue weighted by molar-refractivity contribution is 7.93. The number of sulfonamides is 1. The Bertz CT molecular complexity index is 1240. The number of rotatable bonds is 7. The van der Waals surface area contributed by atoms with Crippen LogP contribution in [0.25, 0.3) is 0 Å². The number of nitrogens with one attached hydrogen (secondary N) is 2. The van der Waals surface area contributed by atoms with Gasteiger partial charge in [-0.15, -0.1) is 11.3 Å². The van der Waals surface area contributed by atoms with E-state index in [1.165, 1.54) is 35.6 Å². The summed E-state index contributed by atoms with van der Waals surface area (Å²) in [4.78, 5) is 10.9. The van der Waals surface area contributed by atoms with Crippen LogP contribution in [0.15, 0.2) is 64.6 Å². The number of hydrazone groups is 1. The van der Waals surface area contributed by atoms with E-state index in [2.05, 4.69) is 15.2 Å². The normalized spacial score (nSPS) is 11.9. The lowest BCUT2D eigenvalue weighted by molar-refractivity contribution is -0.385. The van der Waals surface area contributed by atoms with Crippen molar-refractivity contribution in [2.24, 2.45) is 5.10 Å². The number of hydrogen-bond acceptors (Lipinski definition) is 7. The summed E-state index contributed by atoms with van der Waals surface area (Å²) in [6.45, 7) is 1.72. The van der Waals surface area contributed by atoms with Gasteiger partial charge in [0.2, 0.25) is 0 Å². The molecule has 0 unspecified atom stereocenters. The van der Waals surface area contributed by atoms with Crippen molar-refractivity contribution in [3.8, 4) is 0 Å². The fourth-order valence-electron chi connectivity index (χ4n) is 2.39. The van der Waals surface area contributed by atoms with E-state index in [0.717, 1.165) is 10.9 Å². The van der Waals surface area contributed by atoms with Crippen molar-refractivity contribution in [3.05, 3.63) is 78.9 Å². The molecule has 1 heterocycles. The molecule has 3 rings (SSSR count). The Morgan fingerprint density at radius 2 is 1.83 bits per heavy atom. The Morgan fingerprint density at radius 1 is 1.10 bits per heavy atom. The van der Waals surface area contributed by atoms with Gasteiger partial charge in [0.05, 0.1) is 36.2 Å². The Labute approximate surface area is 186 Å². The maximum atomic E-state index is 13.0. The third kappa shape index (κ3) is 5.08. The zero-order valence-corrected chi connectivity index (χ0v) is 18.4. The van der Waals surface area contributed by atoms with Crippen LogP contribution in [0.5, 0.6) is 0 Å². The minimum absolute atomic E-state index is 0.0576. The summed E-state index contributed by atoms with van der Waals surface area (Å²) in [5, 5.41) is 15.5. The fraction of sp³-hybridized carbons (Fsp3) is 0.0556. The van der Waals surface area contributed by atoms with Crippen molar-refractivity contribution in [3.63, 3.8) is 0 Å². The van der Waals surface area contributed by atoms with E-state index in [9.17, 15) is 18.5 Å². The van der Waals surface area contributed by atoms with Gasteiger partial charge in [-0.05, 0) is 37.3 Å². The van der Waals surface area contributed by atoms with E-state index in [1.54, 1.807) is 31.2 Å². The second-order valence-electron chi connectivity index (χ2n) is 5.94. The molecule has 0 aliphatic carbocycles. The van der Waals surface area contributed by atoms with Gasteiger partial charge < -0.3 is 0 Å². The summed E-state index contributed by atoms with van der Waals surface area (Å²) in [5.74, 6) is 0. The first kappa shape index (κ1) is 22.0. The molecule has 2 aromatic carbocycles. The van der Waals surface area contributed by atoms with Gasteiger partial charge in [-0.1, -0.05) is 35.3 Å². The Balaban J connectivity index is 2.00. The quantitative estimate of drug-likeness (QED) is 0.257. The fourth-order valence-corrected chi connectivity index (χ4v) is 4.87. The first-order valence-electron chi connectivity index (χ1n) is 8.29. The van der Waals surface area contributed by atoms with Crippen LogP contribution in [0.3, 0.4) is 0 Å². The molecule has 0 bridgehead atoms. The zero-order chi connectivity index (χ0) is 21.9. The topological polar surface area (TPSA) is 114 Å². The van der Waals surface area contributed by atoms with Crippen molar-refractivity contribution in [2.75, 3.05) is 10.1 Å². The van der Waals surface area contributed by atoms with Gasteiger partial charge in [0.1, 0.15) is 4.90 Å². The second-order valence-corrected chi connectivity index (χ2v) is 9.71. The van der Waals surface area contributed by atoms with Gasteiger partial charge in [-0.25, -0.2) is 8.42 Å². The lowest BCUT2D eigenvalue weighted by Gasteiger charge is -2.13. The first-order chi connectivity index (χ1) is 14.2. The maximum absolute atomic E-state index is 13.0. The molecule has 8 nitrogen and oxygen atoms in total. The van der Waals surface area contributed by atoms with Crippen LogP contribution in [0.2, 0.25) is 9.36 Å². The summed E-state index contributed by atoms with van der Waals surface area (Å²) in [7, 11) is -4.22. The van der Waals surface area contributed by atoms with Crippen molar-refractivity contribution >= 4 is 67.3 Å². The van der Waals surface area contributed by atoms with Crippen molar-refractivity contribution in [1.29, 1.82) is 0 Å². The number of hydrogen-bond donors (Lipinski definition) is 2. The van der Waals surface area contributed by atoms with Gasteiger partial charge in [0.25, 0.3) is 15.7 Å². The molecule has 156 valence electrons. The lowest BCUT2D eigenvalue weighted by Crippen LogP contribution is -2.15. The SMILES string of the molecule is CC(=NNc1ccc([N+](=O)[O-])cc1S(=O)(=O)Nc1ccccc1Cl)c1ccc(Cl)s1. The second kappa shape index (κ2) is 9.00. The summed E-state index contributed by atoms with van der Waals surface area (Å²) in [6, 6.07) is 13.2. The first-order valence-corrected chi connectivity index (χ1v) is 11.3. The number of nitrogens with zero attached hydrogens (tertiary/aromatic N) is 2. The van der Waals surface area contributed by atoms with Gasteiger partial charge in [-0.3, -0.25) is 20.3 Å². The Morgan fingerprint density at radius 3 is 2.47 bits per heavy atom. The number of halogens is 2. The van der Waals surface area contributed by atoms with Gasteiger partial charge in [-0.2, -0.15) is 5.10 Å². The third-order valence-electron chi connectivity index (χ3n) is 3.86. The van der Waals surface area contributed by atoms with E-state index < -0.39 is 14.9 Å². The van der Waals surface area contributed by atoms with Gasteiger partial charge >= 0.3 is 0 Å². The Kier molecular flexibility index (Phi) is 6.61. The molecule has 1 aromatic heterocycles. The average molecular weight is 485 g/mol. The minimum Gasteiger partial charge on any atom is -0.278 e. The highest BCUT2D eigenvalue weighted by Gasteiger charge is 2.23. The van der Waals surface area contributed by atoms with Crippen molar-refractivity contribution in [1.82, 2.24) is 0 Å². The smallest absolute Gasteiger partial charge is 0.270 e. The summed E-state index contributed by atoms with van der Waals surface area (Å²) >= 11 is 13.3. The van der Waals surface area contributed by atoms with E-state index in [1.807, 2.05) is 0 Å². The third-order valence-corrected chi connectivity index (χ3v) is 6.93. The number of thiophene rings is 1.